The van der Waals surface area contributed by atoms with Gasteiger partial charge < -0.3 is 20.3 Å². The van der Waals surface area contributed by atoms with Crippen LogP contribution in [0.4, 0.5) is 0 Å². The highest BCUT2D eigenvalue weighted by Gasteiger charge is 2.13. The van der Waals surface area contributed by atoms with Crippen molar-refractivity contribution in [3.8, 4) is 17.6 Å². The third-order valence-electron chi connectivity index (χ3n) is 3.00. The number of hydrogen-bond acceptors (Lipinski definition) is 4. The van der Waals surface area contributed by atoms with Crippen molar-refractivity contribution in [2.24, 2.45) is 5.73 Å². The lowest BCUT2D eigenvalue weighted by Crippen LogP contribution is -2.33. The number of rotatable bonds is 5. The maximum atomic E-state index is 12.4. The highest BCUT2D eigenvalue weighted by Crippen LogP contribution is 2.19. The van der Waals surface area contributed by atoms with Gasteiger partial charge in [-0.3, -0.25) is 4.79 Å². The predicted molar refractivity (Wildman–Crippen MR) is 84.4 cm³/mol. The highest BCUT2D eigenvalue weighted by atomic mass is 16.5. The molecule has 0 saturated carbocycles. The van der Waals surface area contributed by atoms with Gasteiger partial charge in [-0.2, -0.15) is 0 Å². The first kappa shape index (κ1) is 17.0. The van der Waals surface area contributed by atoms with Crippen molar-refractivity contribution in [1.29, 1.82) is 0 Å². The summed E-state index contributed by atoms with van der Waals surface area (Å²) in [6, 6.07) is 5.25. The van der Waals surface area contributed by atoms with Crippen molar-refractivity contribution >= 4 is 5.91 Å². The largest absolute Gasteiger partial charge is 0.495 e. The summed E-state index contributed by atoms with van der Waals surface area (Å²) in [4.78, 5) is 16.1. The molecule has 0 atom stereocenters. The maximum absolute atomic E-state index is 12.4. The molecular weight excluding hydrogens is 266 g/mol. The number of ether oxygens (including phenoxy) is 1. The second-order valence-electron chi connectivity index (χ2n) is 4.95. The molecule has 0 aliphatic heterocycles. The lowest BCUT2D eigenvalue weighted by atomic mass is 10.1. The lowest BCUT2D eigenvalue weighted by Gasteiger charge is -2.20. The molecule has 0 heterocycles. The van der Waals surface area contributed by atoms with Gasteiger partial charge in [0, 0.05) is 25.7 Å². The zero-order chi connectivity index (χ0) is 15.8. The second kappa shape index (κ2) is 8.30. The van der Waals surface area contributed by atoms with Gasteiger partial charge in [-0.05, 0) is 32.3 Å². The van der Waals surface area contributed by atoms with Crippen molar-refractivity contribution in [2.75, 3.05) is 47.9 Å². The van der Waals surface area contributed by atoms with Gasteiger partial charge >= 0.3 is 0 Å². The van der Waals surface area contributed by atoms with Crippen LogP contribution in [0.2, 0.25) is 0 Å². The van der Waals surface area contributed by atoms with Crippen LogP contribution < -0.4 is 10.5 Å². The van der Waals surface area contributed by atoms with Gasteiger partial charge in [-0.1, -0.05) is 11.8 Å². The summed E-state index contributed by atoms with van der Waals surface area (Å²) in [6.45, 7) is 1.75. The van der Waals surface area contributed by atoms with E-state index < -0.39 is 0 Å². The molecule has 0 radical (unpaired) electrons. The van der Waals surface area contributed by atoms with Crippen LogP contribution in [-0.2, 0) is 0 Å². The molecule has 5 heteroatoms. The number of amides is 1. The average Bonchev–Trinajstić information content (AvgIpc) is 2.49. The molecule has 0 aliphatic carbocycles. The number of benzene rings is 1. The van der Waals surface area contributed by atoms with Crippen LogP contribution in [0.3, 0.4) is 0 Å². The highest BCUT2D eigenvalue weighted by molar-refractivity contribution is 5.94. The number of carbonyl (C=O) groups is 1. The first-order valence-electron chi connectivity index (χ1n) is 6.76. The van der Waals surface area contributed by atoms with E-state index in [1.54, 1.807) is 37.3 Å². The molecule has 0 aromatic heterocycles. The molecule has 1 amide bonds. The molecule has 21 heavy (non-hydrogen) atoms. The number of carbonyl (C=O) groups excluding carboxylic acids is 1. The smallest absolute Gasteiger partial charge is 0.253 e. The van der Waals surface area contributed by atoms with E-state index in [0.29, 0.717) is 23.4 Å². The molecule has 0 fully saturated rings. The first-order chi connectivity index (χ1) is 9.99. The fourth-order valence-electron chi connectivity index (χ4n) is 1.76. The van der Waals surface area contributed by atoms with Gasteiger partial charge in [0.2, 0.25) is 0 Å². The number of nitrogens with zero attached hydrogens (tertiary/aromatic N) is 2. The molecule has 0 spiro atoms. The van der Waals surface area contributed by atoms with Crippen LogP contribution in [0.5, 0.6) is 5.75 Å². The van der Waals surface area contributed by atoms with E-state index >= 15 is 0 Å². The molecule has 1 rings (SSSR count). The minimum atomic E-state index is -0.0321. The second-order valence-corrected chi connectivity index (χ2v) is 4.95. The number of methoxy groups -OCH3 is 1. The van der Waals surface area contributed by atoms with E-state index in [9.17, 15) is 4.79 Å². The maximum Gasteiger partial charge on any atom is 0.253 e. The monoisotopic (exact) mass is 289 g/mol. The molecule has 5 nitrogen and oxygen atoms in total. The fourth-order valence-corrected chi connectivity index (χ4v) is 1.76. The zero-order valence-electron chi connectivity index (χ0n) is 13.1. The summed E-state index contributed by atoms with van der Waals surface area (Å²) in [5.41, 5.74) is 6.66. The SMILES string of the molecule is COc1ccc(C(=O)N(C)CCN(C)C)cc1C#CCN. The minimum Gasteiger partial charge on any atom is -0.495 e. The summed E-state index contributed by atoms with van der Waals surface area (Å²) in [5.74, 6) is 6.32. The molecular formula is C16H23N3O2. The fraction of sp³-hybridized carbons (Fsp3) is 0.438. The average molecular weight is 289 g/mol. The Hall–Kier alpha value is -2.03. The predicted octanol–water partition coefficient (Wildman–Crippen LogP) is 0.639. The van der Waals surface area contributed by atoms with Crippen molar-refractivity contribution in [1.82, 2.24) is 9.80 Å². The van der Waals surface area contributed by atoms with Crippen LogP contribution in [-0.4, -0.2) is 63.6 Å². The van der Waals surface area contributed by atoms with Crippen molar-refractivity contribution in [3.05, 3.63) is 29.3 Å². The Morgan fingerprint density at radius 2 is 2.00 bits per heavy atom. The third-order valence-corrected chi connectivity index (χ3v) is 3.00. The summed E-state index contributed by atoms with van der Waals surface area (Å²) in [7, 11) is 7.33. The van der Waals surface area contributed by atoms with Gasteiger partial charge in [0.1, 0.15) is 5.75 Å². The zero-order valence-corrected chi connectivity index (χ0v) is 13.1. The standard InChI is InChI=1S/C16H23N3O2/c1-18(2)10-11-19(3)16(20)14-7-8-15(21-4)13(12-14)6-5-9-17/h7-8,12H,9-11,17H2,1-4H3. The third kappa shape index (κ3) is 5.10. The molecule has 114 valence electrons. The Morgan fingerprint density at radius 1 is 1.29 bits per heavy atom. The summed E-state index contributed by atoms with van der Waals surface area (Å²) in [5, 5.41) is 0. The van der Waals surface area contributed by atoms with E-state index in [-0.39, 0.29) is 12.5 Å². The summed E-state index contributed by atoms with van der Waals surface area (Å²) in [6.07, 6.45) is 0. The Kier molecular flexibility index (Phi) is 6.73. The van der Waals surface area contributed by atoms with Gasteiger partial charge in [-0.25, -0.2) is 0 Å². The number of likely N-dealkylation sites (N-methyl/N-ethyl adjacent to an activating group) is 2. The molecule has 2 N–H and O–H groups in total. The van der Waals surface area contributed by atoms with Crippen molar-refractivity contribution in [2.45, 2.75) is 0 Å². The molecule has 0 unspecified atom stereocenters. The van der Waals surface area contributed by atoms with E-state index in [1.165, 1.54) is 0 Å². The number of nitrogens with two attached hydrogens (primary N) is 1. The molecule has 1 aromatic rings. The Balaban J connectivity index is 2.94. The number of hydrogen-bond donors (Lipinski definition) is 1. The van der Waals surface area contributed by atoms with Gasteiger partial charge in [-0.15, -0.1) is 0 Å². The molecule has 0 aliphatic rings. The van der Waals surface area contributed by atoms with Crippen LogP contribution in [0, 0.1) is 11.8 Å². The van der Waals surface area contributed by atoms with Crippen molar-refractivity contribution in [3.63, 3.8) is 0 Å². The van der Waals surface area contributed by atoms with Crippen LogP contribution in [0.1, 0.15) is 15.9 Å². The van der Waals surface area contributed by atoms with Crippen LogP contribution >= 0.6 is 0 Å². The van der Waals surface area contributed by atoms with Gasteiger partial charge in [0.15, 0.2) is 0 Å². The normalized spacial score (nSPS) is 10.0. The lowest BCUT2D eigenvalue weighted by molar-refractivity contribution is 0.0786. The van der Waals surface area contributed by atoms with E-state index in [1.807, 2.05) is 19.0 Å². The minimum absolute atomic E-state index is 0.0321. The molecule has 1 aromatic carbocycles. The van der Waals surface area contributed by atoms with Crippen molar-refractivity contribution < 1.29 is 9.53 Å². The van der Waals surface area contributed by atoms with Crippen LogP contribution in [0.15, 0.2) is 18.2 Å². The Bertz CT molecular complexity index is 544. The summed E-state index contributed by atoms with van der Waals surface area (Å²) >= 11 is 0. The van der Waals surface area contributed by atoms with Gasteiger partial charge in [0.05, 0.1) is 19.2 Å². The van der Waals surface area contributed by atoms with Gasteiger partial charge in [0.25, 0.3) is 5.91 Å². The van der Waals surface area contributed by atoms with E-state index in [4.69, 9.17) is 10.5 Å². The quantitative estimate of drug-likeness (QED) is 0.808. The first-order valence-corrected chi connectivity index (χ1v) is 6.76. The summed E-state index contributed by atoms with van der Waals surface area (Å²) < 4.78 is 5.24. The molecule has 0 bridgehead atoms. The Morgan fingerprint density at radius 3 is 2.57 bits per heavy atom. The van der Waals surface area contributed by atoms with Crippen LogP contribution in [0.25, 0.3) is 0 Å². The van der Waals surface area contributed by atoms with E-state index in [2.05, 4.69) is 11.8 Å². The molecule has 0 saturated heterocycles. The van der Waals surface area contributed by atoms with E-state index in [0.717, 1.165) is 6.54 Å². The topological polar surface area (TPSA) is 58.8 Å². The Labute approximate surface area is 126 Å².